The molecule has 1 saturated carbocycles. The van der Waals surface area contributed by atoms with Crippen LogP contribution >= 0.6 is 0 Å². The van der Waals surface area contributed by atoms with Gasteiger partial charge in [-0.1, -0.05) is 6.92 Å². The van der Waals surface area contributed by atoms with E-state index < -0.39 is 36.6 Å². The van der Waals surface area contributed by atoms with Crippen molar-refractivity contribution in [3.63, 3.8) is 0 Å². The zero-order valence-corrected chi connectivity index (χ0v) is 10.2. The van der Waals surface area contributed by atoms with Crippen molar-refractivity contribution < 1.29 is 23.5 Å². The topological polar surface area (TPSA) is 57.6 Å². The number of carboxylic acid groups (broad SMARTS) is 1. The molecule has 2 unspecified atom stereocenters. The first-order valence-corrected chi connectivity index (χ1v) is 6.19. The summed E-state index contributed by atoms with van der Waals surface area (Å²) >= 11 is 0. The van der Waals surface area contributed by atoms with E-state index in [9.17, 15) is 18.4 Å². The quantitative estimate of drug-likeness (QED) is 0.821. The average molecular weight is 261 g/mol. The molecule has 1 heterocycles. The van der Waals surface area contributed by atoms with Gasteiger partial charge in [0.2, 0.25) is 11.8 Å². The van der Waals surface area contributed by atoms with E-state index >= 15 is 0 Å². The minimum Gasteiger partial charge on any atom is -0.481 e. The third-order valence-electron chi connectivity index (χ3n) is 4.03. The Morgan fingerprint density at radius 3 is 2.44 bits per heavy atom. The summed E-state index contributed by atoms with van der Waals surface area (Å²) in [4.78, 5) is 24.4. The van der Waals surface area contributed by atoms with E-state index in [1.807, 2.05) is 6.92 Å². The number of alkyl halides is 2. The van der Waals surface area contributed by atoms with Crippen LogP contribution in [0.3, 0.4) is 0 Å². The Morgan fingerprint density at radius 2 is 1.94 bits per heavy atom. The molecule has 1 aliphatic carbocycles. The lowest BCUT2D eigenvalue weighted by Gasteiger charge is -2.41. The van der Waals surface area contributed by atoms with Crippen molar-refractivity contribution in [3.05, 3.63) is 0 Å². The molecule has 1 amide bonds. The number of halogens is 2. The fourth-order valence-corrected chi connectivity index (χ4v) is 2.68. The van der Waals surface area contributed by atoms with Crippen LogP contribution in [-0.4, -0.2) is 40.9 Å². The molecule has 2 aliphatic rings. The SMILES string of the molecule is CC1CCN(C(=O)C2CC(F)(F)C2)CC1C(=O)O. The number of aliphatic carboxylic acids is 1. The van der Waals surface area contributed by atoms with Crippen LogP contribution in [0.2, 0.25) is 0 Å². The van der Waals surface area contributed by atoms with Gasteiger partial charge in [0.15, 0.2) is 0 Å². The molecule has 0 aromatic carbocycles. The maximum absolute atomic E-state index is 12.7. The molecule has 1 aliphatic heterocycles. The molecule has 0 aromatic rings. The number of likely N-dealkylation sites (tertiary alicyclic amines) is 1. The lowest BCUT2D eigenvalue weighted by molar-refractivity contribution is -0.164. The van der Waals surface area contributed by atoms with Gasteiger partial charge in [-0.05, 0) is 12.3 Å². The number of carboxylic acids is 1. The van der Waals surface area contributed by atoms with Crippen LogP contribution in [0.5, 0.6) is 0 Å². The van der Waals surface area contributed by atoms with Gasteiger partial charge in [0.25, 0.3) is 0 Å². The fraction of sp³-hybridized carbons (Fsp3) is 0.833. The Bertz CT molecular complexity index is 364. The molecule has 0 radical (unpaired) electrons. The first-order valence-electron chi connectivity index (χ1n) is 6.19. The van der Waals surface area contributed by atoms with Crippen LogP contribution in [0, 0.1) is 17.8 Å². The summed E-state index contributed by atoms with van der Waals surface area (Å²) < 4.78 is 25.4. The number of piperidine rings is 1. The predicted molar refractivity (Wildman–Crippen MR) is 59.2 cm³/mol. The van der Waals surface area contributed by atoms with Crippen LogP contribution in [-0.2, 0) is 9.59 Å². The van der Waals surface area contributed by atoms with Gasteiger partial charge in [-0.2, -0.15) is 0 Å². The average Bonchev–Trinajstić information content (AvgIpc) is 2.25. The van der Waals surface area contributed by atoms with Gasteiger partial charge >= 0.3 is 5.97 Å². The third-order valence-corrected chi connectivity index (χ3v) is 4.03. The summed E-state index contributed by atoms with van der Waals surface area (Å²) in [7, 11) is 0. The maximum atomic E-state index is 12.7. The van der Waals surface area contributed by atoms with E-state index in [1.54, 1.807) is 0 Å². The fourth-order valence-electron chi connectivity index (χ4n) is 2.68. The van der Waals surface area contributed by atoms with Gasteiger partial charge in [-0.25, -0.2) is 8.78 Å². The van der Waals surface area contributed by atoms with Gasteiger partial charge in [-0.3, -0.25) is 9.59 Å². The Kier molecular flexibility index (Phi) is 3.29. The zero-order valence-electron chi connectivity index (χ0n) is 10.2. The van der Waals surface area contributed by atoms with E-state index in [4.69, 9.17) is 5.11 Å². The normalized spacial score (nSPS) is 31.8. The Balaban J connectivity index is 1.94. The van der Waals surface area contributed by atoms with Gasteiger partial charge in [-0.15, -0.1) is 0 Å². The summed E-state index contributed by atoms with van der Waals surface area (Å²) in [6, 6.07) is 0. The zero-order chi connectivity index (χ0) is 13.5. The summed E-state index contributed by atoms with van der Waals surface area (Å²) in [5.41, 5.74) is 0. The second-order valence-electron chi connectivity index (χ2n) is 5.46. The Morgan fingerprint density at radius 1 is 1.33 bits per heavy atom. The highest BCUT2D eigenvalue weighted by molar-refractivity contribution is 5.81. The monoisotopic (exact) mass is 261 g/mol. The van der Waals surface area contributed by atoms with Crippen LogP contribution < -0.4 is 0 Å². The highest BCUT2D eigenvalue weighted by Gasteiger charge is 2.50. The molecule has 4 nitrogen and oxygen atoms in total. The third kappa shape index (κ3) is 2.47. The van der Waals surface area contributed by atoms with Crippen molar-refractivity contribution in [2.75, 3.05) is 13.1 Å². The number of amides is 1. The molecule has 0 spiro atoms. The molecule has 2 atom stereocenters. The van der Waals surface area contributed by atoms with Crippen molar-refractivity contribution in [2.45, 2.75) is 32.1 Å². The van der Waals surface area contributed by atoms with Crippen LogP contribution in [0.1, 0.15) is 26.2 Å². The number of rotatable bonds is 2. The van der Waals surface area contributed by atoms with Crippen molar-refractivity contribution in [3.8, 4) is 0 Å². The van der Waals surface area contributed by atoms with Crippen LogP contribution in [0.4, 0.5) is 8.78 Å². The molecular formula is C12H17F2NO3. The van der Waals surface area contributed by atoms with Crippen molar-refractivity contribution in [1.29, 1.82) is 0 Å². The van der Waals surface area contributed by atoms with E-state index in [1.165, 1.54) is 4.90 Å². The molecule has 0 aromatic heterocycles. The first kappa shape index (κ1) is 13.2. The van der Waals surface area contributed by atoms with E-state index in [-0.39, 0.29) is 18.4 Å². The molecule has 2 rings (SSSR count). The largest absolute Gasteiger partial charge is 0.481 e. The van der Waals surface area contributed by atoms with Crippen LogP contribution in [0.15, 0.2) is 0 Å². The van der Waals surface area contributed by atoms with Gasteiger partial charge in [0.05, 0.1) is 5.92 Å². The second kappa shape index (κ2) is 4.48. The van der Waals surface area contributed by atoms with Crippen LogP contribution in [0.25, 0.3) is 0 Å². The summed E-state index contributed by atoms with van der Waals surface area (Å²) in [5, 5.41) is 9.04. The number of carbonyl (C=O) groups excluding carboxylic acids is 1. The molecule has 102 valence electrons. The number of nitrogens with zero attached hydrogens (tertiary/aromatic N) is 1. The number of hydrogen-bond acceptors (Lipinski definition) is 2. The smallest absolute Gasteiger partial charge is 0.308 e. The van der Waals surface area contributed by atoms with E-state index in [0.29, 0.717) is 13.0 Å². The predicted octanol–water partition coefficient (Wildman–Crippen LogP) is 1.60. The summed E-state index contributed by atoms with van der Waals surface area (Å²) in [5.74, 6) is -5.12. The molecule has 6 heteroatoms. The molecule has 18 heavy (non-hydrogen) atoms. The van der Waals surface area contributed by atoms with Crippen molar-refractivity contribution >= 4 is 11.9 Å². The highest BCUT2D eigenvalue weighted by atomic mass is 19.3. The van der Waals surface area contributed by atoms with Gasteiger partial charge in [0, 0.05) is 31.8 Å². The highest BCUT2D eigenvalue weighted by Crippen LogP contribution is 2.43. The van der Waals surface area contributed by atoms with E-state index in [0.717, 1.165) is 0 Å². The number of hydrogen-bond donors (Lipinski definition) is 1. The summed E-state index contributed by atoms with van der Waals surface area (Å²) in [6.07, 6.45) is -0.170. The van der Waals surface area contributed by atoms with Gasteiger partial charge in [0.1, 0.15) is 0 Å². The van der Waals surface area contributed by atoms with E-state index in [2.05, 4.69) is 0 Å². The molecule has 2 fully saturated rings. The maximum Gasteiger partial charge on any atom is 0.308 e. The lowest BCUT2D eigenvalue weighted by Crippen LogP contribution is -2.52. The minimum absolute atomic E-state index is 0.0226. The Hall–Kier alpha value is -1.20. The second-order valence-corrected chi connectivity index (χ2v) is 5.46. The summed E-state index contributed by atoms with van der Waals surface area (Å²) in [6.45, 7) is 2.47. The Labute approximate surface area is 104 Å². The van der Waals surface area contributed by atoms with Crippen molar-refractivity contribution in [1.82, 2.24) is 4.90 Å². The van der Waals surface area contributed by atoms with Crippen molar-refractivity contribution in [2.24, 2.45) is 17.8 Å². The minimum atomic E-state index is -2.71. The molecule has 0 bridgehead atoms. The van der Waals surface area contributed by atoms with Gasteiger partial charge < -0.3 is 10.0 Å². The first-order chi connectivity index (χ1) is 8.30. The number of carbonyl (C=O) groups is 2. The molecule has 1 saturated heterocycles. The lowest BCUT2D eigenvalue weighted by atomic mass is 9.79. The standard InChI is InChI=1S/C12H17F2NO3/c1-7-2-3-15(6-9(7)11(17)18)10(16)8-4-12(13,14)5-8/h7-9H,2-6H2,1H3,(H,17,18). The molecular weight excluding hydrogens is 244 g/mol. The molecule has 1 N–H and O–H groups in total.